The zero-order chi connectivity index (χ0) is 6.73. The molecule has 0 aliphatic carbocycles. The van der Waals surface area contributed by atoms with E-state index >= 15 is 0 Å². The van der Waals surface area contributed by atoms with Crippen LogP contribution in [0, 0.1) is 0 Å². The Kier molecular flexibility index (Phi) is 3.30. The van der Waals surface area contributed by atoms with Crippen molar-refractivity contribution in [1.82, 2.24) is 8.23 Å². The summed E-state index contributed by atoms with van der Waals surface area (Å²) in [6.07, 6.45) is 0. The van der Waals surface area contributed by atoms with Crippen molar-refractivity contribution >= 4 is 28.8 Å². The third kappa shape index (κ3) is 2.46. The van der Waals surface area contributed by atoms with Crippen molar-refractivity contribution in [3.8, 4) is 0 Å². The van der Waals surface area contributed by atoms with E-state index < -0.39 is 0 Å². The summed E-state index contributed by atoms with van der Waals surface area (Å²) < 4.78 is 1.69. The van der Waals surface area contributed by atoms with Crippen molar-refractivity contribution in [3.63, 3.8) is 0 Å². The number of rotatable bonds is 1. The second-order valence-electron chi connectivity index (χ2n) is 1.49. The molecule has 0 saturated carbocycles. The molecule has 4 heteroatoms. The number of halogens is 1. The lowest BCUT2D eigenvalue weighted by molar-refractivity contribution is -0.133. The molecule has 0 aromatic carbocycles. The van der Waals surface area contributed by atoms with Gasteiger partial charge in [-0.15, -0.1) is 0 Å². The zero-order valence-electron chi connectivity index (χ0n) is 5.18. The summed E-state index contributed by atoms with van der Waals surface area (Å²) in [5.41, 5.74) is 0. The molecule has 8 heavy (non-hydrogen) atoms. The van der Waals surface area contributed by atoms with Crippen LogP contribution in [0.25, 0.3) is 0 Å². The maximum Gasteiger partial charge on any atom is 0.234 e. The van der Waals surface area contributed by atoms with Crippen LogP contribution in [0.15, 0.2) is 0 Å². The highest BCUT2D eigenvalue weighted by atomic mass is 127. The number of amides is 1. The van der Waals surface area contributed by atoms with Crippen LogP contribution in [0.1, 0.15) is 6.92 Å². The zero-order valence-corrected chi connectivity index (χ0v) is 7.34. The number of nitrogens with zero attached hydrogens (tertiary/aromatic N) is 2. The number of carbonyl (C=O) groups excluding carboxylic acids is 1. The van der Waals surface area contributed by atoms with E-state index in [4.69, 9.17) is 0 Å². The fourth-order valence-electron chi connectivity index (χ4n) is 0.194. The minimum Gasteiger partial charge on any atom is -0.274 e. The van der Waals surface area contributed by atoms with Crippen molar-refractivity contribution in [2.24, 2.45) is 0 Å². The SMILES string of the molecule is CC(=O)N(C)N(C)I. The number of hydrazine groups is 1. The van der Waals surface area contributed by atoms with Crippen LogP contribution < -0.4 is 0 Å². The first-order valence-corrected chi connectivity index (χ1v) is 3.16. The van der Waals surface area contributed by atoms with Crippen molar-refractivity contribution in [3.05, 3.63) is 0 Å². The normalized spacial score (nSPS) is 9.62. The van der Waals surface area contributed by atoms with Crippen LogP contribution in [0.5, 0.6) is 0 Å². The van der Waals surface area contributed by atoms with Gasteiger partial charge in [0.1, 0.15) is 0 Å². The molecule has 1 amide bonds. The molecule has 0 bridgehead atoms. The lowest BCUT2D eigenvalue weighted by atomic mass is 10.7. The molecular weight excluding hydrogens is 219 g/mol. The number of hydrogen-bond donors (Lipinski definition) is 0. The van der Waals surface area contributed by atoms with Crippen LogP contribution in [0.3, 0.4) is 0 Å². The highest BCUT2D eigenvalue weighted by Crippen LogP contribution is 1.96. The van der Waals surface area contributed by atoms with Gasteiger partial charge in [-0.25, -0.2) is 0 Å². The minimum absolute atomic E-state index is 0.0434. The molecule has 0 unspecified atom stereocenters. The van der Waals surface area contributed by atoms with Crippen LogP contribution in [0.4, 0.5) is 0 Å². The van der Waals surface area contributed by atoms with E-state index in [2.05, 4.69) is 0 Å². The summed E-state index contributed by atoms with van der Waals surface area (Å²) in [4.78, 5) is 10.5. The second-order valence-corrected chi connectivity index (χ2v) is 2.88. The summed E-state index contributed by atoms with van der Waals surface area (Å²) in [7, 11) is 3.52. The Hall–Kier alpha value is 0.160. The van der Waals surface area contributed by atoms with Gasteiger partial charge in [-0.3, -0.25) is 9.80 Å². The smallest absolute Gasteiger partial charge is 0.234 e. The van der Waals surface area contributed by atoms with E-state index in [0.717, 1.165) is 0 Å². The van der Waals surface area contributed by atoms with Crippen LogP contribution in [-0.4, -0.2) is 28.2 Å². The fourth-order valence-corrected chi connectivity index (χ4v) is 0.498. The van der Waals surface area contributed by atoms with E-state index in [1.54, 1.807) is 10.3 Å². The number of hydrogen-bond acceptors (Lipinski definition) is 2. The first-order valence-electron chi connectivity index (χ1n) is 2.19. The van der Waals surface area contributed by atoms with Gasteiger partial charge in [-0.05, 0) is 0 Å². The molecular formula is C4H9IN2O. The highest BCUT2D eigenvalue weighted by Gasteiger charge is 2.02. The van der Waals surface area contributed by atoms with Crippen molar-refractivity contribution in [2.75, 3.05) is 14.1 Å². The molecule has 0 N–H and O–H groups in total. The monoisotopic (exact) mass is 228 g/mol. The van der Waals surface area contributed by atoms with E-state index in [0.29, 0.717) is 0 Å². The Bertz CT molecular complexity index is 94.0. The van der Waals surface area contributed by atoms with Gasteiger partial charge >= 0.3 is 0 Å². The van der Waals surface area contributed by atoms with E-state index in [1.807, 2.05) is 29.9 Å². The Morgan fingerprint density at radius 3 is 1.88 bits per heavy atom. The van der Waals surface area contributed by atoms with E-state index in [9.17, 15) is 4.79 Å². The molecule has 0 atom stereocenters. The second kappa shape index (κ2) is 3.24. The molecule has 0 aromatic rings. The van der Waals surface area contributed by atoms with Gasteiger partial charge in [-0.2, -0.15) is 3.22 Å². The summed E-state index contributed by atoms with van der Waals surface area (Å²) in [5.74, 6) is 0.0434. The molecule has 0 saturated heterocycles. The molecule has 3 nitrogen and oxygen atoms in total. The molecule has 0 spiro atoms. The molecule has 0 aliphatic heterocycles. The molecule has 0 aliphatic rings. The largest absolute Gasteiger partial charge is 0.274 e. The van der Waals surface area contributed by atoms with E-state index in [-0.39, 0.29) is 5.91 Å². The predicted octanol–water partition coefficient (Wildman–Crippen LogP) is 0.662. The average Bonchev–Trinajstić information content (AvgIpc) is 1.64. The topological polar surface area (TPSA) is 23.6 Å². The third-order valence-electron chi connectivity index (χ3n) is 0.869. The van der Waals surface area contributed by atoms with Crippen LogP contribution in [0.2, 0.25) is 0 Å². The van der Waals surface area contributed by atoms with Gasteiger partial charge in [-0.1, -0.05) is 0 Å². The standard InChI is InChI=1S/C4H9IN2O/c1-4(8)6(2)7(3)5/h1-3H3. The molecule has 0 heterocycles. The molecule has 0 rings (SSSR count). The highest BCUT2D eigenvalue weighted by molar-refractivity contribution is 14.1. The maximum absolute atomic E-state index is 10.5. The van der Waals surface area contributed by atoms with Gasteiger partial charge in [0, 0.05) is 43.9 Å². The van der Waals surface area contributed by atoms with Crippen molar-refractivity contribution in [2.45, 2.75) is 6.92 Å². The molecule has 0 radical (unpaired) electrons. The lowest BCUT2D eigenvalue weighted by Crippen LogP contribution is -2.32. The van der Waals surface area contributed by atoms with Crippen molar-refractivity contribution in [1.29, 1.82) is 0 Å². The van der Waals surface area contributed by atoms with Gasteiger partial charge in [0.2, 0.25) is 5.91 Å². The summed E-state index contributed by atoms with van der Waals surface area (Å²) >= 11 is 2.02. The Labute approximate surface area is 63.1 Å². The quantitative estimate of drug-likeness (QED) is 0.374. The lowest BCUT2D eigenvalue weighted by Gasteiger charge is -2.19. The Balaban J connectivity index is 3.64. The van der Waals surface area contributed by atoms with Gasteiger partial charge in [0.25, 0.3) is 0 Å². The summed E-state index contributed by atoms with van der Waals surface area (Å²) in [6, 6.07) is 0. The Morgan fingerprint density at radius 1 is 1.50 bits per heavy atom. The average molecular weight is 228 g/mol. The maximum atomic E-state index is 10.5. The summed E-state index contributed by atoms with van der Waals surface area (Å²) in [6.45, 7) is 1.52. The first-order chi connectivity index (χ1) is 3.55. The van der Waals surface area contributed by atoms with Gasteiger partial charge in [0.05, 0.1) is 0 Å². The first kappa shape index (κ1) is 8.16. The van der Waals surface area contributed by atoms with E-state index in [1.165, 1.54) is 11.9 Å². The van der Waals surface area contributed by atoms with Crippen LogP contribution in [-0.2, 0) is 4.79 Å². The predicted molar refractivity (Wildman–Crippen MR) is 40.2 cm³/mol. The van der Waals surface area contributed by atoms with Crippen molar-refractivity contribution < 1.29 is 4.79 Å². The summed E-state index contributed by atoms with van der Waals surface area (Å²) in [5, 5.41) is 1.51. The van der Waals surface area contributed by atoms with Crippen LogP contribution >= 0.6 is 22.9 Å². The Morgan fingerprint density at radius 2 is 1.88 bits per heavy atom. The van der Waals surface area contributed by atoms with Gasteiger partial charge in [0.15, 0.2) is 0 Å². The molecule has 0 fully saturated rings. The number of carbonyl (C=O) groups is 1. The molecule has 48 valence electrons. The minimum atomic E-state index is 0.0434. The molecule has 0 aromatic heterocycles. The van der Waals surface area contributed by atoms with Gasteiger partial charge < -0.3 is 0 Å². The third-order valence-corrected chi connectivity index (χ3v) is 1.52. The fraction of sp³-hybridized carbons (Fsp3) is 0.750.